The number of carboxylic acids is 1. The fourth-order valence-electron chi connectivity index (χ4n) is 1.77. The van der Waals surface area contributed by atoms with Crippen LogP contribution in [0.4, 0.5) is 5.69 Å². The Labute approximate surface area is 111 Å². The van der Waals surface area contributed by atoms with Gasteiger partial charge in [-0.2, -0.15) is 5.10 Å². The van der Waals surface area contributed by atoms with Gasteiger partial charge in [-0.1, -0.05) is 6.92 Å². The van der Waals surface area contributed by atoms with E-state index in [1.165, 1.54) is 0 Å². The minimum Gasteiger partial charge on any atom is -0.478 e. The Hall–Kier alpha value is -2.30. The molecule has 2 rings (SSSR count). The van der Waals surface area contributed by atoms with Gasteiger partial charge in [0.2, 0.25) is 0 Å². The van der Waals surface area contributed by atoms with Crippen LogP contribution in [0.2, 0.25) is 0 Å². The fourth-order valence-corrected chi connectivity index (χ4v) is 1.77. The summed E-state index contributed by atoms with van der Waals surface area (Å²) in [5, 5.41) is 16.4. The summed E-state index contributed by atoms with van der Waals surface area (Å²) in [6.07, 6.45) is 3.03. The number of aromatic nitrogens is 2. The predicted molar refractivity (Wildman–Crippen MR) is 73.2 cm³/mol. The van der Waals surface area contributed by atoms with Crippen LogP contribution < -0.4 is 5.32 Å². The molecule has 1 aromatic heterocycles. The van der Waals surface area contributed by atoms with E-state index in [1.54, 1.807) is 24.3 Å². The van der Waals surface area contributed by atoms with Crippen LogP contribution in [0, 0.1) is 0 Å². The summed E-state index contributed by atoms with van der Waals surface area (Å²) < 4.78 is 1.92. The largest absolute Gasteiger partial charge is 0.478 e. The third kappa shape index (κ3) is 3.58. The Bertz CT molecular complexity index is 546. The highest BCUT2D eigenvalue weighted by Crippen LogP contribution is 2.10. The third-order valence-corrected chi connectivity index (χ3v) is 2.75. The maximum Gasteiger partial charge on any atom is 0.335 e. The lowest BCUT2D eigenvalue weighted by atomic mass is 10.2. The zero-order valence-corrected chi connectivity index (χ0v) is 10.8. The summed E-state index contributed by atoms with van der Waals surface area (Å²) in [6.45, 7) is 3.67. The lowest BCUT2D eigenvalue weighted by Crippen LogP contribution is -2.03. The quantitative estimate of drug-likeness (QED) is 0.836. The zero-order valence-electron chi connectivity index (χ0n) is 10.8. The van der Waals surface area contributed by atoms with Crippen LogP contribution in [0.15, 0.2) is 36.5 Å². The van der Waals surface area contributed by atoms with Crippen LogP contribution in [-0.2, 0) is 13.1 Å². The van der Waals surface area contributed by atoms with Crippen molar-refractivity contribution < 1.29 is 9.90 Å². The first-order chi connectivity index (χ1) is 9.19. The highest BCUT2D eigenvalue weighted by atomic mass is 16.4. The molecule has 100 valence electrons. The summed E-state index contributed by atoms with van der Waals surface area (Å²) in [6, 6.07) is 8.66. The topological polar surface area (TPSA) is 67.2 Å². The van der Waals surface area contributed by atoms with Gasteiger partial charge in [0.15, 0.2) is 0 Å². The number of carbonyl (C=O) groups is 1. The van der Waals surface area contributed by atoms with Gasteiger partial charge in [0.25, 0.3) is 0 Å². The normalized spacial score (nSPS) is 10.4. The van der Waals surface area contributed by atoms with Gasteiger partial charge < -0.3 is 10.4 Å². The van der Waals surface area contributed by atoms with Crippen LogP contribution >= 0.6 is 0 Å². The van der Waals surface area contributed by atoms with Gasteiger partial charge in [-0.25, -0.2) is 4.79 Å². The van der Waals surface area contributed by atoms with E-state index in [1.807, 2.05) is 16.9 Å². The lowest BCUT2D eigenvalue weighted by molar-refractivity contribution is 0.0697. The number of anilines is 1. The Balaban J connectivity index is 1.92. The van der Waals surface area contributed by atoms with Crippen molar-refractivity contribution in [2.45, 2.75) is 26.4 Å². The van der Waals surface area contributed by atoms with Gasteiger partial charge >= 0.3 is 5.97 Å². The molecule has 0 spiro atoms. The zero-order chi connectivity index (χ0) is 13.7. The lowest BCUT2D eigenvalue weighted by Gasteiger charge is -2.04. The summed E-state index contributed by atoms with van der Waals surface area (Å²) >= 11 is 0. The molecule has 0 bridgehead atoms. The first-order valence-electron chi connectivity index (χ1n) is 6.28. The second-order valence-electron chi connectivity index (χ2n) is 4.31. The van der Waals surface area contributed by atoms with Crippen molar-refractivity contribution in [3.05, 3.63) is 47.8 Å². The van der Waals surface area contributed by atoms with Gasteiger partial charge in [-0.05, 0) is 36.8 Å². The van der Waals surface area contributed by atoms with Crippen molar-refractivity contribution in [2.75, 3.05) is 5.32 Å². The Kier molecular flexibility index (Phi) is 4.18. The Morgan fingerprint density at radius 2 is 2.05 bits per heavy atom. The van der Waals surface area contributed by atoms with Gasteiger partial charge in [-0.15, -0.1) is 0 Å². The second kappa shape index (κ2) is 6.04. The van der Waals surface area contributed by atoms with E-state index in [2.05, 4.69) is 17.3 Å². The molecule has 2 N–H and O–H groups in total. The van der Waals surface area contributed by atoms with E-state index in [-0.39, 0.29) is 5.56 Å². The number of rotatable bonds is 6. The van der Waals surface area contributed by atoms with Crippen LogP contribution in [0.3, 0.4) is 0 Å². The molecule has 0 aliphatic carbocycles. The van der Waals surface area contributed by atoms with Gasteiger partial charge in [0.05, 0.1) is 17.8 Å². The van der Waals surface area contributed by atoms with Crippen LogP contribution in [0.1, 0.15) is 29.4 Å². The number of nitrogens with one attached hydrogen (secondary N) is 1. The van der Waals surface area contributed by atoms with Crippen molar-refractivity contribution in [1.29, 1.82) is 0 Å². The molecule has 0 radical (unpaired) electrons. The molecular weight excluding hydrogens is 242 g/mol. The summed E-state index contributed by atoms with van der Waals surface area (Å²) in [5.74, 6) is -0.912. The number of aryl methyl sites for hydroxylation is 1. The second-order valence-corrected chi connectivity index (χ2v) is 4.31. The van der Waals surface area contributed by atoms with E-state index < -0.39 is 5.97 Å². The molecule has 5 nitrogen and oxygen atoms in total. The smallest absolute Gasteiger partial charge is 0.335 e. The van der Waals surface area contributed by atoms with Gasteiger partial charge in [0, 0.05) is 18.4 Å². The van der Waals surface area contributed by atoms with Crippen LogP contribution in [-0.4, -0.2) is 20.9 Å². The van der Waals surface area contributed by atoms with E-state index >= 15 is 0 Å². The van der Waals surface area contributed by atoms with Gasteiger partial charge in [0.1, 0.15) is 0 Å². The first kappa shape index (κ1) is 13.1. The number of hydrogen-bond acceptors (Lipinski definition) is 3. The molecule has 1 heterocycles. The van der Waals surface area contributed by atoms with Crippen molar-refractivity contribution in [1.82, 2.24) is 9.78 Å². The highest BCUT2D eigenvalue weighted by Gasteiger charge is 2.02. The standard InChI is InChI=1S/C14H17N3O2/c1-2-8-17-9-7-13(16-17)10-15-12-5-3-11(4-6-12)14(18)19/h3-7,9,15H,2,8,10H2,1H3,(H,18,19). The predicted octanol–water partition coefficient (Wildman–Crippen LogP) is 2.60. The molecule has 1 aromatic carbocycles. The number of carboxylic acid groups (broad SMARTS) is 1. The third-order valence-electron chi connectivity index (χ3n) is 2.75. The van der Waals surface area contributed by atoms with Crippen molar-refractivity contribution in [3.63, 3.8) is 0 Å². The monoisotopic (exact) mass is 259 g/mol. The maximum absolute atomic E-state index is 10.7. The molecule has 0 saturated carbocycles. The average Bonchev–Trinajstić information content (AvgIpc) is 2.85. The molecule has 5 heteroatoms. The van der Waals surface area contributed by atoms with E-state index in [0.717, 1.165) is 24.3 Å². The first-order valence-corrected chi connectivity index (χ1v) is 6.28. The van der Waals surface area contributed by atoms with Crippen molar-refractivity contribution in [2.24, 2.45) is 0 Å². The minimum atomic E-state index is -0.912. The molecule has 0 unspecified atom stereocenters. The number of hydrogen-bond donors (Lipinski definition) is 2. The van der Waals surface area contributed by atoms with Crippen LogP contribution in [0.25, 0.3) is 0 Å². The van der Waals surface area contributed by atoms with E-state index in [9.17, 15) is 4.79 Å². The minimum absolute atomic E-state index is 0.290. The molecule has 0 fully saturated rings. The average molecular weight is 259 g/mol. The van der Waals surface area contributed by atoms with Gasteiger partial charge in [-0.3, -0.25) is 4.68 Å². The SMILES string of the molecule is CCCn1ccc(CNc2ccc(C(=O)O)cc2)n1. The number of benzene rings is 1. The van der Waals surface area contributed by atoms with E-state index in [0.29, 0.717) is 6.54 Å². The van der Waals surface area contributed by atoms with Crippen molar-refractivity contribution >= 4 is 11.7 Å². The maximum atomic E-state index is 10.7. The Morgan fingerprint density at radius 3 is 2.68 bits per heavy atom. The molecule has 2 aromatic rings. The summed E-state index contributed by atoms with van der Waals surface area (Å²) in [5.41, 5.74) is 2.14. The molecule has 0 aliphatic heterocycles. The van der Waals surface area contributed by atoms with Crippen LogP contribution in [0.5, 0.6) is 0 Å². The summed E-state index contributed by atoms with van der Waals surface area (Å²) in [4.78, 5) is 10.7. The van der Waals surface area contributed by atoms with Crippen molar-refractivity contribution in [3.8, 4) is 0 Å². The molecule has 0 atom stereocenters. The number of aromatic carboxylic acids is 1. The molecule has 19 heavy (non-hydrogen) atoms. The summed E-state index contributed by atoms with van der Waals surface area (Å²) in [7, 11) is 0. The molecular formula is C14H17N3O2. The number of nitrogens with zero attached hydrogens (tertiary/aromatic N) is 2. The van der Waals surface area contributed by atoms with E-state index in [4.69, 9.17) is 5.11 Å². The molecule has 0 saturated heterocycles. The Morgan fingerprint density at radius 1 is 1.32 bits per heavy atom. The molecule has 0 aliphatic rings. The fraction of sp³-hybridized carbons (Fsp3) is 0.286. The molecule has 0 amide bonds. The highest BCUT2D eigenvalue weighted by molar-refractivity contribution is 5.87.